The number of para-hydroxylation sites is 1. The van der Waals surface area contributed by atoms with Gasteiger partial charge in [0.05, 0.1) is 21.7 Å². The van der Waals surface area contributed by atoms with Gasteiger partial charge in [-0.25, -0.2) is 4.98 Å². The van der Waals surface area contributed by atoms with Crippen LogP contribution in [0.4, 0.5) is 10.8 Å². The number of aromatic nitrogens is 1. The molecule has 0 unspecified atom stereocenters. The number of rotatable bonds is 9. The largest absolute Gasteiger partial charge is 0.488 e. The number of thiazole rings is 1. The highest BCUT2D eigenvalue weighted by Gasteiger charge is 2.16. The van der Waals surface area contributed by atoms with E-state index in [1.807, 2.05) is 79.7 Å². The molecule has 194 valence electrons. The molecule has 1 aromatic heterocycles. The lowest BCUT2D eigenvalue weighted by atomic mass is 10.1. The number of non-ortho nitro benzene ring substituents is 1. The van der Waals surface area contributed by atoms with Crippen LogP contribution >= 0.6 is 22.9 Å². The van der Waals surface area contributed by atoms with E-state index in [4.69, 9.17) is 21.3 Å². The summed E-state index contributed by atoms with van der Waals surface area (Å²) in [4.78, 5) is 16.4. The van der Waals surface area contributed by atoms with Gasteiger partial charge in [0.25, 0.3) is 5.69 Å². The van der Waals surface area contributed by atoms with E-state index in [1.165, 1.54) is 23.5 Å². The molecule has 5 aromatic rings. The van der Waals surface area contributed by atoms with Gasteiger partial charge >= 0.3 is 0 Å². The molecule has 1 heterocycles. The molecule has 9 heteroatoms. The Morgan fingerprint density at radius 1 is 0.974 bits per heavy atom. The summed E-state index contributed by atoms with van der Waals surface area (Å²) < 4.78 is 6.02. The van der Waals surface area contributed by atoms with Gasteiger partial charge in [0, 0.05) is 28.3 Å². The molecule has 0 bridgehead atoms. The van der Waals surface area contributed by atoms with E-state index in [0.29, 0.717) is 22.5 Å². The average Bonchev–Trinajstić information content (AvgIpc) is 3.38. The van der Waals surface area contributed by atoms with Crippen LogP contribution in [0.25, 0.3) is 21.7 Å². The van der Waals surface area contributed by atoms with Crippen LogP contribution in [0.2, 0.25) is 5.02 Å². The first kappa shape index (κ1) is 26.1. The molecule has 7 nitrogen and oxygen atoms in total. The normalized spacial score (nSPS) is 11.0. The fourth-order valence-electron chi connectivity index (χ4n) is 3.82. The summed E-state index contributed by atoms with van der Waals surface area (Å²) in [5, 5.41) is 16.8. The van der Waals surface area contributed by atoms with Crippen molar-refractivity contribution in [3.05, 3.63) is 129 Å². The molecule has 0 atom stereocenters. The third-order valence-electron chi connectivity index (χ3n) is 5.88. The second-order valence-electron chi connectivity index (χ2n) is 8.69. The van der Waals surface area contributed by atoms with E-state index < -0.39 is 4.92 Å². The second-order valence-corrected chi connectivity index (χ2v) is 10.1. The van der Waals surface area contributed by atoms with Gasteiger partial charge in [-0.15, -0.1) is 0 Å². The highest BCUT2D eigenvalue weighted by atomic mass is 35.5. The number of nitrogens with one attached hydrogen (secondary N) is 1. The van der Waals surface area contributed by atoms with Gasteiger partial charge in [-0.2, -0.15) is 5.10 Å². The minimum atomic E-state index is -0.407. The molecule has 0 saturated heterocycles. The number of hydrogen-bond donors (Lipinski definition) is 1. The van der Waals surface area contributed by atoms with Crippen molar-refractivity contribution in [1.82, 2.24) is 4.98 Å². The zero-order chi connectivity index (χ0) is 27.2. The maximum absolute atomic E-state index is 11.1. The number of ether oxygens (including phenoxy) is 1. The Balaban J connectivity index is 1.37. The van der Waals surface area contributed by atoms with Crippen molar-refractivity contribution in [2.75, 3.05) is 5.43 Å². The summed E-state index contributed by atoms with van der Waals surface area (Å²) in [5.74, 6) is 0.698. The Hall–Kier alpha value is -4.53. The van der Waals surface area contributed by atoms with Crippen molar-refractivity contribution < 1.29 is 9.66 Å². The summed E-state index contributed by atoms with van der Waals surface area (Å²) >= 11 is 7.40. The third kappa shape index (κ3) is 6.49. The molecule has 0 amide bonds. The molecule has 0 spiro atoms. The van der Waals surface area contributed by atoms with Crippen LogP contribution < -0.4 is 10.2 Å². The summed E-state index contributed by atoms with van der Waals surface area (Å²) in [6.07, 6.45) is 1.69. The highest BCUT2D eigenvalue weighted by molar-refractivity contribution is 7.19. The van der Waals surface area contributed by atoms with Crippen LogP contribution in [0.5, 0.6) is 5.75 Å². The van der Waals surface area contributed by atoms with E-state index >= 15 is 0 Å². The number of benzene rings is 4. The maximum Gasteiger partial charge on any atom is 0.269 e. The van der Waals surface area contributed by atoms with E-state index in [1.54, 1.807) is 18.3 Å². The molecular formula is C30H23ClN4O3S. The van der Waals surface area contributed by atoms with Gasteiger partial charge in [-0.3, -0.25) is 15.5 Å². The first-order chi connectivity index (χ1) is 19.0. The number of halogens is 1. The topological polar surface area (TPSA) is 89.7 Å². The standard InChI is InChI=1S/C30H23ClN4O3S/c1-20-6-10-22(11-7-20)28-29(23-12-16-26(17-13-23)35(36)37)39-30(33-28)34-32-18-24-4-2-3-5-27(24)38-19-21-8-14-25(31)15-9-21/h2-18H,19H2,1H3,(H,33,34)/b32-18-. The predicted molar refractivity (Wildman–Crippen MR) is 158 cm³/mol. The van der Waals surface area contributed by atoms with Crippen LogP contribution in [-0.2, 0) is 6.61 Å². The molecule has 0 aliphatic rings. The fraction of sp³-hybridized carbons (Fsp3) is 0.0667. The van der Waals surface area contributed by atoms with Crippen molar-refractivity contribution in [2.24, 2.45) is 5.10 Å². The first-order valence-corrected chi connectivity index (χ1v) is 13.2. The smallest absolute Gasteiger partial charge is 0.269 e. The molecule has 0 radical (unpaired) electrons. The quantitative estimate of drug-likeness (QED) is 0.112. The van der Waals surface area contributed by atoms with Crippen molar-refractivity contribution >= 4 is 40.0 Å². The first-order valence-electron chi connectivity index (χ1n) is 12.0. The zero-order valence-corrected chi connectivity index (χ0v) is 22.4. The van der Waals surface area contributed by atoms with Gasteiger partial charge in [-0.1, -0.05) is 77.0 Å². The predicted octanol–water partition coefficient (Wildman–Crippen LogP) is 8.37. The Morgan fingerprint density at radius 3 is 2.38 bits per heavy atom. The van der Waals surface area contributed by atoms with E-state index in [2.05, 4.69) is 10.5 Å². The molecule has 0 aliphatic carbocycles. The third-order valence-corrected chi connectivity index (χ3v) is 7.14. The minimum Gasteiger partial charge on any atom is -0.488 e. The number of hydrogen-bond acceptors (Lipinski definition) is 7. The van der Waals surface area contributed by atoms with E-state index in [0.717, 1.165) is 38.4 Å². The monoisotopic (exact) mass is 554 g/mol. The van der Waals surface area contributed by atoms with Crippen molar-refractivity contribution in [1.29, 1.82) is 0 Å². The molecule has 0 fully saturated rings. The van der Waals surface area contributed by atoms with Crippen LogP contribution in [0, 0.1) is 17.0 Å². The molecule has 5 rings (SSSR count). The molecule has 39 heavy (non-hydrogen) atoms. The number of aryl methyl sites for hydroxylation is 1. The lowest BCUT2D eigenvalue weighted by Gasteiger charge is -2.09. The molecular weight excluding hydrogens is 532 g/mol. The molecule has 0 aliphatic heterocycles. The molecule has 4 aromatic carbocycles. The molecule has 1 N–H and O–H groups in total. The van der Waals surface area contributed by atoms with Crippen molar-refractivity contribution in [3.8, 4) is 27.4 Å². The summed E-state index contributed by atoms with van der Waals surface area (Å²) in [6, 6.07) is 29.7. The number of nitro benzene ring substituents is 1. The van der Waals surface area contributed by atoms with E-state index in [-0.39, 0.29) is 5.69 Å². The Bertz CT molecular complexity index is 1620. The molecule has 0 saturated carbocycles. The number of nitrogens with zero attached hydrogens (tertiary/aromatic N) is 3. The summed E-state index contributed by atoms with van der Waals surface area (Å²) in [6.45, 7) is 2.43. The lowest BCUT2D eigenvalue weighted by Crippen LogP contribution is -1.99. The summed E-state index contributed by atoms with van der Waals surface area (Å²) in [5.41, 5.74) is 8.61. The van der Waals surface area contributed by atoms with Crippen LogP contribution in [0.1, 0.15) is 16.7 Å². The Kier molecular flexibility index (Phi) is 7.96. The van der Waals surface area contributed by atoms with E-state index in [9.17, 15) is 10.1 Å². The Morgan fingerprint density at radius 2 is 1.67 bits per heavy atom. The second kappa shape index (κ2) is 11.9. The van der Waals surface area contributed by atoms with Crippen molar-refractivity contribution in [3.63, 3.8) is 0 Å². The van der Waals surface area contributed by atoms with Gasteiger partial charge in [0.1, 0.15) is 12.4 Å². The maximum atomic E-state index is 11.1. The van der Waals surface area contributed by atoms with Gasteiger partial charge in [0.15, 0.2) is 0 Å². The minimum absolute atomic E-state index is 0.0417. The number of nitro groups is 1. The van der Waals surface area contributed by atoms with Crippen LogP contribution in [-0.4, -0.2) is 16.1 Å². The van der Waals surface area contributed by atoms with Crippen molar-refractivity contribution in [2.45, 2.75) is 13.5 Å². The van der Waals surface area contributed by atoms with Gasteiger partial charge in [-0.05, 0) is 54.4 Å². The summed E-state index contributed by atoms with van der Waals surface area (Å²) in [7, 11) is 0. The SMILES string of the molecule is Cc1ccc(-c2nc(N/N=C\c3ccccc3OCc3ccc(Cl)cc3)sc2-c2ccc([N+](=O)[O-])cc2)cc1. The number of hydrazone groups is 1. The van der Waals surface area contributed by atoms with Crippen LogP contribution in [0.3, 0.4) is 0 Å². The highest BCUT2D eigenvalue weighted by Crippen LogP contribution is 2.39. The van der Waals surface area contributed by atoms with Gasteiger partial charge in [0.2, 0.25) is 5.13 Å². The van der Waals surface area contributed by atoms with Gasteiger partial charge < -0.3 is 4.74 Å². The lowest BCUT2D eigenvalue weighted by molar-refractivity contribution is -0.384. The van der Waals surface area contributed by atoms with Crippen LogP contribution in [0.15, 0.2) is 102 Å². The number of anilines is 1. The Labute approximate surface area is 234 Å². The average molecular weight is 555 g/mol. The zero-order valence-electron chi connectivity index (χ0n) is 20.9. The fourth-order valence-corrected chi connectivity index (χ4v) is 4.89.